The zero-order valence-corrected chi connectivity index (χ0v) is 17.3. The normalized spacial score (nSPS) is 5.25. The third-order valence-corrected chi connectivity index (χ3v) is 0. The Kier molecular flexibility index (Phi) is 35.9. The van der Waals surface area contributed by atoms with Crippen LogP contribution in [-0.2, 0) is 0 Å². The van der Waals surface area contributed by atoms with Crippen molar-refractivity contribution < 1.29 is 74.0 Å². The number of nitrogens with zero attached hydrogens (tertiary/aromatic N) is 1. The standard InChI is InChI=1S/2BrH.Cs.NO3.Pb/c;;;2-1(3)4;/h2*1H;;;/q;;+1;-1;+2/p-2. The zero-order valence-electron chi connectivity index (χ0n) is 3.93. The summed E-state index contributed by atoms with van der Waals surface area (Å²) in [5.41, 5.74) is 0. The van der Waals surface area contributed by atoms with Gasteiger partial charge in [0.1, 0.15) is 0 Å². The van der Waals surface area contributed by atoms with Crippen molar-refractivity contribution in [2.24, 2.45) is 0 Å². The van der Waals surface area contributed by atoms with Gasteiger partial charge in [-0.25, -0.2) is 0 Å². The van der Waals surface area contributed by atoms with E-state index in [1.165, 1.54) is 0 Å². The molecule has 0 aliphatic rings. The molecule has 0 bridgehead atoms. The van der Waals surface area contributed by atoms with E-state index < -0.39 is 5.09 Å². The Labute approximate surface area is 129 Å². The molecule has 42 valence electrons. The molecule has 0 N–H and O–H groups in total. The first-order valence-corrected chi connectivity index (χ1v) is 17.8. The van der Waals surface area contributed by atoms with Crippen LogP contribution in [0.3, 0.4) is 0 Å². The summed E-state index contributed by atoms with van der Waals surface area (Å²) in [5.74, 6) is 0. The maximum absolute atomic E-state index is 8.25. The van der Waals surface area contributed by atoms with E-state index in [9.17, 15) is 0 Å². The average Bonchev–Trinajstić information content (AvgIpc) is 1.33. The molecule has 0 unspecified atom stereocenters. The van der Waals surface area contributed by atoms with E-state index in [2.05, 4.69) is 24.0 Å². The van der Waals surface area contributed by atoms with Gasteiger partial charge in [0.2, 0.25) is 0 Å². The van der Waals surface area contributed by atoms with Gasteiger partial charge in [-0.15, -0.1) is 0 Å². The fourth-order valence-electron chi connectivity index (χ4n) is 0. The third-order valence-electron chi connectivity index (χ3n) is 0. The van der Waals surface area contributed by atoms with Gasteiger partial charge in [-0.3, -0.25) is 0 Å². The summed E-state index contributed by atoms with van der Waals surface area (Å²) in [6, 6.07) is 0. The first kappa shape index (κ1) is 17.3. The van der Waals surface area contributed by atoms with Crippen molar-refractivity contribution in [3.63, 3.8) is 0 Å². The summed E-state index contributed by atoms with van der Waals surface area (Å²) in [7, 11) is 0. The Hall–Kier alpha value is 3.13. The van der Waals surface area contributed by atoms with Gasteiger partial charge in [-0.1, -0.05) is 0 Å². The van der Waals surface area contributed by atoms with E-state index in [0.29, 0.717) is 0 Å². The van der Waals surface area contributed by atoms with Crippen LogP contribution in [-0.4, -0.2) is 24.5 Å². The number of hydrogen-bond acceptors (Lipinski definition) is 3. The molecule has 0 rings (SSSR count). The molecule has 4 nitrogen and oxygen atoms in total. The van der Waals surface area contributed by atoms with Crippen molar-refractivity contribution in [1.29, 1.82) is 0 Å². The van der Waals surface area contributed by atoms with Gasteiger partial charge in [-0.2, -0.15) is 0 Å². The summed E-state index contributed by atoms with van der Waals surface area (Å²) in [6.07, 6.45) is 0. The molecule has 0 aliphatic carbocycles. The Balaban J connectivity index is -0.0000000575. The van der Waals surface area contributed by atoms with Crippen molar-refractivity contribution in [1.82, 2.24) is 0 Å². The molecule has 0 atom stereocenters. The molecule has 0 fully saturated rings. The van der Waals surface area contributed by atoms with Crippen LogP contribution >= 0.6 is 24.0 Å². The molecule has 8 heteroatoms. The fourth-order valence-corrected chi connectivity index (χ4v) is 0. The molecule has 0 heterocycles. The van der Waals surface area contributed by atoms with Crippen LogP contribution in [0, 0.1) is 15.3 Å². The minimum absolute atomic E-state index is 0. The van der Waals surface area contributed by atoms with Gasteiger partial charge < -0.3 is 15.3 Å². The van der Waals surface area contributed by atoms with Gasteiger partial charge in [0.05, 0.1) is 5.09 Å². The predicted octanol–water partition coefficient (Wildman–Crippen LogP) is -1.92. The summed E-state index contributed by atoms with van der Waals surface area (Å²) in [4.78, 5) is 8.25. The van der Waals surface area contributed by atoms with Crippen LogP contribution in [0.2, 0.25) is 0 Å². The van der Waals surface area contributed by atoms with Gasteiger partial charge >= 0.3 is 112 Å². The minimum Gasteiger partial charge on any atom is 1.00 e. The summed E-state index contributed by atoms with van der Waals surface area (Å²) >= 11 is 6.22. The van der Waals surface area contributed by atoms with E-state index in [0.717, 1.165) is 0 Å². The van der Waals surface area contributed by atoms with Crippen LogP contribution in [0.1, 0.15) is 0 Å². The minimum atomic E-state index is -1.75. The maximum Gasteiger partial charge on any atom is 1.00 e. The summed E-state index contributed by atoms with van der Waals surface area (Å²) in [5, 5.41) is 14.8. The van der Waals surface area contributed by atoms with E-state index in [1.807, 2.05) is 0 Å². The van der Waals surface area contributed by atoms with Crippen molar-refractivity contribution in [3.05, 3.63) is 15.3 Å². The topological polar surface area (TPSA) is 66.2 Å². The van der Waals surface area contributed by atoms with Crippen LogP contribution in [0.5, 0.6) is 0 Å². The smallest absolute Gasteiger partial charge is 1.00 e. The second-order valence-electron chi connectivity index (χ2n) is 0.295. The number of halogens is 2. The quantitative estimate of drug-likeness (QED) is 0.197. The Morgan fingerprint density at radius 1 is 1.38 bits per heavy atom. The van der Waals surface area contributed by atoms with Gasteiger partial charge in [0, 0.05) is 0 Å². The second kappa shape index (κ2) is 16.6. The summed E-state index contributed by atoms with van der Waals surface area (Å²) < 4.78 is 0. The molecular weight excluding hydrogens is 562 g/mol. The van der Waals surface area contributed by atoms with E-state index in [-0.39, 0.29) is 88.3 Å². The molecule has 0 spiro atoms. The SMILES string of the molecule is O=[N+]([O-])[O-].[Br][Pb][Br].[Cs+]. The predicted molar refractivity (Wildman–Crippen MR) is 34.0 cm³/mol. The molecule has 0 amide bonds. The van der Waals surface area contributed by atoms with E-state index >= 15 is 0 Å². The van der Waals surface area contributed by atoms with Crippen molar-refractivity contribution in [2.45, 2.75) is 0 Å². The molecule has 0 aliphatic heterocycles. The third kappa shape index (κ3) is 61.5. The molecule has 0 aromatic rings. The Morgan fingerprint density at radius 2 is 1.38 bits per heavy atom. The van der Waals surface area contributed by atoms with E-state index in [4.69, 9.17) is 15.3 Å². The van der Waals surface area contributed by atoms with Crippen molar-refractivity contribution in [3.8, 4) is 0 Å². The van der Waals surface area contributed by atoms with Crippen LogP contribution < -0.4 is 68.9 Å². The first-order chi connectivity index (χ1) is 3.15. The molecule has 0 saturated carbocycles. The monoisotopic (exact) mass is 561 g/mol. The molecular formula is Br2CsNO3Pb. The number of rotatable bonds is 0. The largest absolute Gasteiger partial charge is 1.00 e. The van der Waals surface area contributed by atoms with Crippen LogP contribution in [0.15, 0.2) is 0 Å². The Bertz CT molecular complexity index is 48.5. The second-order valence-corrected chi connectivity index (χ2v) is 17.1. The zero-order chi connectivity index (χ0) is 6.28. The van der Waals surface area contributed by atoms with E-state index in [1.54, 1.807) is 0 Å². The first-order valence-electron chi connectivity index (χ1n) is 0.926. The van der Waals surface area contributed by atoms with Gasteiger partial charge in [0.25, 0.3) is 0 Å². The van der Waals surface area contributed by atoms with Crippen molar-refractivity contribution >= 4 is 43.4 Å². The molecule has 8 heavy (non-hydrogen) atoms. The fraction of sp³-hybridized carbons (Fsp3) is 0. The summed E-state index contributed by atoms with van der Waals surface area (Å²) in [6.45, 7) is 0. The van der Waals surface area contributed by atoms with Gasteiger partial charge in [-0.05, 0) is 0 Å². The average molecular weight is 562 g/mol. The molecule has 0 aromatic carbocycles. The Morgan fingerprint density at radius 3 is 1.38 bits per heavy atom. The molecule has 2 radical (unpaired) electrons. The van der Waals surface area contributed by atoms with Gasteiger partial charge in [0.15, 0.2) is 0 Å². The maximum atomic E-state index is 8.25. The number of hydrogen-bond donors (Lipinski definition) is 0. The molecule has 0 saturated heterocycles. The van der Waals surface area contributed by atoms with Crippen molar-refractivity contribution in [2.75, 3.05) is 0 Å². The van der Waals surface area contributed by atoms with Crippen LogP contribution in [0.25, 0.3) is 0 Å². The van der Waals surface area contributed by atoms with Crippen LogP contribution in [0.4, 0.5) is 0 Å². The molecule has 0 aromatic heterocycles.